The summed E-state index contributed by atoms with van der Waals surface area (Å²) in [4.78, 5) is 16.4. The molecule has 1 saturated heterocycles. The number of piperazine rings is 1. The summed E-state index contributed by atoms with van der Waals surface area (Å²) < 4.78 is 0. The highest BCUT2D eigenvalue weighted by Crippen LogP contribution is 2.17. The predicted octanol–water partition coefficient (Wildman–Crippen LogP) is 2.06. The second-order valence-electron chi connectivity index (χ2n) is 5.82. The smallest absolute Gasteiger partial charge is 0.253 e. The Balaban J connectivity index is 2.01. The molecule has 0 N–H and O–H groups in total. The molecule has 0 spiro atoms. The van der Waals surface area contributed by atoms with Gasteiger partial charge in [0.05, 0.1) is 6.07 Å². The second-order valence-corrected chi connectivity index (χ2v) is 5.82. The largest absolute Gasteiger partial charge is 0.336 e. The van der Waals surface area contributed by atoms with Crippen molar-refractivity contribution in [1.82, 2.24) is 9.80 Å². The van der Waals surface area contributed by atoms with Gasteiger partial charge in [0.15, 0.2) is 0 Å². The minimum absolute atomic E-state index is 0.0862. The van der Waals surface area contributed by atoms with Gasteiger partial charge in [0.2, 0.25) is 0 Å². The lowest BCUT2D eigenvalue weighted by atomic mass is 10.0. The third-order valence-corrected chi connectivity index (χ3v) is 3.90. The fraction of sp³-hybridized carbons (Fsp3) is 0.500. The fourth-order valence-corrected chi connectivity index (χ4v) is 2.50. The molecule has 1 aromatic carbocycles. The average Bonchev–Trinajstić information content (AvgIpc) is 2.46. The molecular formula is C16H21N3O. The third kappa shape index (κ3) is 3.00. The molecule has 1 aliphatic rings. The van der Waals surface area contributed by atoms with Crippen molar-refractivity contribution < 1.29 is 4.79 Å². The van der Waals surface area contributed by atoms with Gasteiger partial charge in [0, 0.05) is 31.7 Å². The third-order valence-electron chi connectivity index (χ3n) is 3.90. The first-order valence-electron chi connectivity index (χ1n) is 6.96. The topological polar surface area (TPSA) is 47.3 Å². The number of carbonyl (C=O) groups excluding carboxylic acids is 1. The van der Waals surface area contributed by atoms with Gasteiger partial charge in [-0.3, -0.25) is 9.69 Å². The van der Waals surface area contributed by atoms with E-state index in [-0.39, 0.29) is 5.91 Å². The number of benzene rings is 1. The zero-order chi connectivity index (χ0) is 14.8. The van der Waals surface area contributed by atoms with Crippen molar-refractivity contribution in [3.8, 4) is 6.07 Å². The maximum Gasteiger partial charge on any atom is 0.253 e. The summed E-state index contributed by atoms with van der Waals surface area (Å²) in [5, 5.41) is 9.16. The van der Waals surface area contributed by atoms with Crippen molar-refractivity contribution >= 4 is 5.91 Å². The summed E-state index contributed by atoms with van der Waals surface area (Å²) in [6, 6.07) is 10.0. The van der Waals surface area contributed by atoms with E-state index in [0.717, 1.165) is 24.2 Å². The molecule has 1 heterocycles. The second kappa shape index (κ2) is 5.64. The SMILES string of the molecule is Cc1cccc(C(=O)N2CCN(C(C)(C)C#N)CC2)c1. The molecule has 0 aliphatic carbocycles. The Kier molecular flexibility index (Phi) is 4.10. The van der Waals surface area contributed by atoms with Crippen molar-refractivity contribution in [3.63, 3.8) is 0 Å². The Labute approximate surface area is 120 Å². The molecule has 0 unspecified atom stereocenters. The van der Waals surface area contributed by atoms with Gasteiger partial charge < -0.3 is 4.90 Å². The van der Waals surface area contributed by atoms with Crippen LogP contribution in [-0.2, 0) is 0 Å². The first-order valence-corrected chi connectivity index (χ1v) is 6.96. The molecule has 2 rings (SSSR count). The van der Waals surface area contributed by atoms with Crippen LogP contribution in [-0.4, -0.2) is 47.4 Å². The maximum atomic E-state index is 12.4. The molecular weight excluding hydrogens is 250 g/mol. The first-order chi connectivity index (χ1) is 9.44. The molecule has 1 aromatic rings. The lowest BCUT2D eigenvalue weighted by molar-refractivity contribution is 0.0521. The monoisotopic (exact) mass is 271 g/mol. The van der Waals surface area contributed by atoms with E-state index in [4.69, 9.17) is 5.26 Å². The van der Waals surface area contributed by atoms with Crippen molar-refractivity contribution in [3.05, 3.63) is 35.4 Å². The Morgan fingerprint density at radius 2 is 1.90 bits per heavy atom. The molecule has 0 bridgehead atoms. The van der Waals surface area contributed by atoms with E-state index in [1.54, 1.807) is 0 Å². The van der Waals surface area contributed by atoms with Crippen molar-refractivity contribution in [2.45, 2.75) is 26.3 Å². The number of nitriles is 1. The number of amides is 1. The Bertz CT molecular complexity index is 537. The van der Waals surface area contributed by atoms with Gasteiger partial charge in [0.25, 0.3) is 5.91 Å². The summed E-state index contributed by atoms with van der Waals surface area (Å²) in [6.45, 7) is 8.69. The number of carbonyl (C=O) groups is 1. The van der Waals surface area contributed by atoms with Crippen molar-refractivity contribution in [2.75, 3.05) is 26.2 Å². The van der Waals surface area contributed by atoms with Gasteiger partial charge in [-0.25, -0.2) is 0 Å². The Morgan fingerprint density at radius 3 is 2.45 bits per heavy atom. The van der Waals surface area contributed by atoms with Crippen LogP contribution >= 0.6 is 0 Å². The Hall–Kier alpha value is -1.86. The standard InChI is InChI=1S/C16H21N3O/c1-13-5-4-6-14(11-13)15(20)18-7-9-19(10-8-18)16(2,3)12-17/h4-6,11H,7-10H2,1-3H3. The van der Waals surface area contributed by atoms with E-state index in [1.165, 1.54) is 0 Å². The van der Waals surface area contributed by atoms with Gasteiger partial charge in [0.1, 0.15) is 5.54 Å². The zero-order valence-electron chi connectivity index (χ0n) is 12.4. The molecule has 0 radical (unpaired) electrons. The van der Waals surface area contributed by atoms with E-state index >= 15 is 0 Å². The van der Waals surface area contributed by atoms with Gasteiger partial charge in [-0.1, -0.05) is 17.7 Å². The average molecular weight is 271 g/mol. The molecule has 1 aliphatic heterocycles. The van der Waals surface area contributed by atoms with Gasteiger partial charge in [-0.15, -0.1) is 0 Å². The molecule has 106 valence electrons. The normalized spacial score (nSPS) is 16.8. The predicted molar refractivity (Wildman–Crippen MR) is 78.3 cm³/mol. The van der Waals surface area contributed by atoms with Crippen LogP contribution in [0.2, 0.25) is 0 Å². The maximum absolute atomic E-state index is 12.4. The summed E-state index contributed by atoms with van der Waals surface area (Å²) in [5.41, 5.74) is 1.39. The lowest BCUT2D eigenvalue weighted by Crippen LogP contribution is -2.55. The van der Waals surface area contributed by atoms with Crippen LogP contribution in [0.25, 0.3) is 0 Å². The molecule has 0 atom stereocenters. The summed E-state index contributed by atoms with van der Waals surface area (Å²) >= 11 is 0. The van der Waals surface area contributed by atoms with Crippen LogP contribution in [0.3, 0.4) is 0 Å². The molecule has 1 fully saturated rings. The number of hydrogen-bond donors (Lipinski definition) is 0. The molecule has 4 nitrogen and oxygen atoms in total. The van der Waals surface area contributed by atoms with E-state index < -0.39 is 5.54 Å². The van der Waals surface area contributed by atoms with Crippen LogP contribution in [0.4, 0.5) is 0 Å². The fourth-order valence-electron chi connectivity index (χ4n) is 2.50. The van der Waals surface area contributed by atoms with E-state index in [2.05, 4.69) is 11.0 Å². The lowest BCUT2D eigenvalue weighted by Gasteiger charge is -2.40. The summed E-state index contributed by atoms with van der Waals surface area (Å²) in [6.07, 6.45) is 0. The highest BCUT2D eigenvalue weighted by Gasteiger charge is 2.31. The highest BCUT2D eigenvalue weighted by atomic mass is 16.2. The summed E-state index contributed by atoms with van der Waals surface area (Å²) in [5.74, 6) is 0.0862. The summed E-state index contributed by atoms with van der Waals surface area (Å²) in [7, 11) is 0. The van der Waals surface area contributed by atoms with Crippen molar-refractivity contribution in [2.24, 2.45) is 0 Å². The van der Waals surface area contributed by atoms with Gasteiger partial charge >= 0.3 is 0 Å². The van der Waals surface area contributed by atoms with Crippen LogP contribution in [0, 0.1) is 18.3 Å². The van der Waals surface area contributed by atoms with Crippen LogP contribution < -0.4 is 0 Å². The molecule has 0 saturated carbocycles. The minimum Gasteiger partial charge on any atom is -0.336 e. The number of rotatable bonds is 2. The first kappa shape index (κ1) is 14.5. The van der Waals surface area contributed by atoms with Gasteiger partial charge in [-0.2, -0.15) is 5.26 Å². The van der Waals surface area contributed by atoms with Crippen LogP contribution in [0.15, 0.2) is 24.3 Å². The molecule has 0 aromatic heterocycles. The van der Waals surface area contributed by atoms with E-state index in [1.807, 2.05) is 49.9 Å². The number of nitrogens with zero attached hydrogens (tertiary/aromatic N) is 3. The van der Waals surface area contributed by atoms with Crippen LogP contribution in [0.1, 0.15) is 29.8 Å². The zero-order valence-corrected chi connectivity index (χ0v) is 12.4. The van der Waals surface area contributed by atoms with E-state index in [0.29, 0.717) is 13.1 Å². The van der Waals surface area contributed by atoms with Crippen LogP contribution in [0.5, 0.6) is 0 Å². The Morgan fingerprint density at radius 1 is 1.25 bits per heavy atom. The quantitative estimate of drug-likeness (QED) is 0.827. The number of aryl methyl sites for hydroxylation is 1. The van der Waals surface area contributed by atoms with Gasteiger partial charge in [-0.05, 0) is 32.9 Å². The van der Waals surface area contributed by atoms with E-state index in [9.17, 15) is 4.79 Å². The number of hydrogen-bond acceptors (Lipinski definition) is 3. The molecule has 4 heteroatoms. The van der Waals surface area contributed by atoms with Crippen molar-refractivity contribution in [1.29, 1.82) is 5.26 Å². The highest BCUT2D eigenvalue weighted by molar-refractivity contribution is 5.94. The molecule has 20 heavy (non-hydrogen) atoms. The minimum atomic E-state index is -0.460. The molecule has 1 amide bonds.